The number of thioether (sulfide) groups is 1. The van der Waals surface area contributed by atoms with Crippen LogP contribution in [0.4, 0.5) is 32.8 Å². The summed E-state index contributed by atoms with van der Waals surface area (Å²) in [5.74, 6) is -3.73. The van der Waals surface area contributed by atoms with Crippen molar-refractivity contribution in [2.75, 3.05) is 16.4 Å². The van der Waals surface area contributed by atoms with Gasteiger partial charge in [0, 0.05) is 5.69 Å². The van der Waals surface area contributed by atoms with E-state index in [4.69, 9.17) is 0 Å². The molecular weight excluding hydrogens is 463 g/mol. The second-order valence-corrected chi connectivity index (χ2v) is 8.04. The van der Waals surface area contributed by atoms with E-state index in [0.717, 1.165) is 65.6 Å². The maximum Gasteiger partial charge on any atom is 0.416 e. The first-order chi connectivity index (χ1) is 14.6. The summed E-state index contributed by atoms with van der Waals surface area (Å²) in [5.41, 5.74) is -1.41. The summed E-state index contributed by atoms with van der Waals surface area (Å²) in [6.07, 6.45) is -4.47. The van der Waals surface area contributed by atoms with Crippen molar-refractivity contribution in [2.24, 2.45) is 0 Å². The summed E-state index contributed by atoms with van der Waals surface area (Å²) < 4.78 is 65.2. The van der Waals surface area contributed by atoms with Gasteiger partial charge < -0.3 is 5.32 Å². The molecule has 13 heteroatoms. The van der Waals surface area contributed by atoms with Crippen molar-refractivity contribution < 1.29 is 31.5 Å². The summed E-state index contributed by atoms with van der Waals surface area (Å²) in [6, 6.07) is 6.96. The number of carbonyl (C=O) groups is 2. The molecule has 2 N–H and O–H groups in total. The van der Waals surface area contributed by atoms with E-state index in [-0.39, 0.29) is 20.9 Å². The zero-order chi connectivity index (χ0) is 22.6. The standard InChI is InChI=1S/C18H11F5N4O2S2/c19-11-2-1-3-12(20)14(11)15(29)25-16-26-27-17(31-16)30-8-13(28)24-10-6-4-9(5-7-10)18(21,22)23/h1-7H,8H2,(H,24,28)(H,25,26,29). The fourth-order valence-corrected chi connectivity index (χ4v) is 3.81. The molecule has 0 bridgehead atoms. The number of benzene rings is 2. The highest BCUT2D eigenvalue weighted by atomic mass is 32.2. The van der Waals surface area contributed by atoms with Crippen molar-refractivity contribution in [1.29, 1.82) is 0 Å². The quantitative estimate of drug-likeness (QED) is 0.304. The van der Waals surface area contributed by atoms with E-state index in [9.17, 15) is 31.5 Å². The van der Waals surface area contributed by atoms with E-state index >= 15 is 0 Å². The van der Waals surface area contributed by atoms with E-state index in [1.54, 1.807) is 0 Å². The molecule has 0 fully saturated rings. The summed E-state index contributed by atoms with van der Waals surface area (Å²) >= 11 is 1.84. The molecule has 0 unspecified atom stereocenters. The molecule has 0 aliphatic rings. The van der Waals surface area contributed by atoms with Crippen LogP contribution in [0, 0.1) is 11.6 Å². The SMILES string of the molecule is O=C(CSc1nnc(NC(=O)c2c(F)cccc2F)s1)Nc1ccc(C(F)(F)F)cc1. The molecule has 0 spiro atoms. The Bertz CT molecular complexity index is 1080. The van der Waals surface area contributed by atoms with Crippen LogP contribution in [-0.4, -0.2) is 27.8 Å². The fourth-order valence-electron chi connectivity index (χ4n) is 2.26. The zero-order valence-corrected chi connectivity index (χ0v) is 16.8. The Hall–Kier alpha value is -3.06. The van der Waals surface area contributed by atoms with Crippen molar-refractivity contribution in [3.63, 3.8) is 0 Å². The maximum atomic E-state index is 13.6. The number of hydrogen-bond acceptors (Lipinski definition) is 6. The zero-order valence-electron chi connectivity index (χ0n) is 15.2. The average Bonchev–Trinajstić information content (AvgIpc) is 3.13. The van der Waals surface area contributed by atoms with Gasteiger partial charge in [0.15, 0.2) is 4.34 Å². The largest absolute Gasteiger partial charge is 0.416 e. The lowest BCUT2D eigenvalue weighted by Gasteiger charge is -2.08. The molecule has 2 aromatic carbocycles. The smallest absolute Gasteiger partial charge is 0.325 e. The van der Waals surface area contributed by atoms with Crippen molar-refractivity contribution in [1.82, 2.24) is 10.2 Å². The maximum absolute atomic E-state index is 13.6. The van der Waals surface area contributed by atoms with Gasteiger partial charge in [-0.15, -0.1) is 10.2 Å². The molecule has 162 valence electrons. The lowest BCUT2D eigenvalue weighted by Crippen LogP contribution is -2.15. The Kier molecular flexibility index (Phi) is 6.85. The summed E-state index contributed by atoms with van der Waals surface area (Å²) in [7, 11) is 0. The van der Waals surface area contributed by atoms with Crippen molar-refractivity contribution in [3.8, 4) is 0 Å². The minimum absolute atomic E-state index is 0.0294. The lowest BCUT2D eigenvalue weighted by atomic mass is 10.2. The van der Waals surface area contributed by atoms with Crippen LogP contribution in [0.15, 0.2) is 46.8 Å². The Morgan fingerprint density at radius 3 is 2.23 bits per heavy atom. The molecule has 0 saturated heterocycles. The van der Waals surface area contributed by atoms with Gasteiger partial charge in [-0.3, -0.25) is 14.9 Å². The van der Waals surface area contributed by atoms with E-state index in [2.05, 4.69) is 20.8 Å². The third-order valence-electron chi connectivity index (χ3n) is 3.64. The Balaban J connectivity index is 1.53. The van der Waals surface area contributed by atoms with Crippen LogP contribution in [0.2, 0.25) is 0 Å². The number of halogens is 5. The minimum atomic E-state index is -4.47. The van der Waals surface area contributed by atoms with Crippen LogP contribution < -0.4 is 10.6 Å². The summed E-state index contributed by atoms with van der Waals surface area (Å²) in [4.78, 5) is 24.0. The Morgan fingerprint density at radius 2 is 1.61 bits per heavy atom. The molecule has 31 heavy (non-hydrogen) atoms. The molecule has 2 amide bonds. The van der Waals surface area contributed by atoms with Gasteiger partial charge >= 0.3 is 6.18 Å². The Labute approximate surface area is 179 Å². The number of nitrogens with one attached hydrogen (secondary N) is 2. The highest BCUT2D eigenvalue weighted by Gasteiger charge is 2.30. The van der Waals surface area contributed by atoms with Crippen LogP contribution in [-0.2, 0) is 11.0 Å². The number of rotatable bonds is 6. The number of nitrogens with zero attached hydrogens (tertiary/aromatic N) is 2. The normalized spacial score (nSPS) is 11.3. The topological polar surface area (TPSA) is 84.0 Å². The number of anilines is 2. The van der Waals surface area contributed by atoms with Crippen LogP contribution in [0.25, 0.3) is 0 Å². The molecule has 1 heterocycles. The first-order valence-corrected chi connectivity index (χ1v) is 10.1. The van der Waals surface area contributed by atoms with Gasteiger partial charge in [-0.05, 0) is 36.4 Å². The lowest BCUT2D eigenvalue weighted by molar-refractivity contribution is -0.137. The number of carbonyl (C=O) groups excluding carboxylic acids is 2. The third kappa shape index (κ3) is 5.98. The van der Waals surface area contributed by atoms with Crippen LogP contribution in [0.3, 0.4) is 0 Å². The van der Waals surface area contributed by atoms with Gasteiger partial charge in [0.05, 0.1) is 11.3 Å². The highest BCUT2D eigenvalue weighted by molar-refractivity contribution is 8.01. The third-order valence-corrected chi connectivity index (χ3v) is 5.61. The second-order valence-electron chi connectivity index (χ2n) is 5.84. The van der Waals surface area contributed by atoms with E-state index in [1.165, 1.54) is 0 Å². The van der Waals surface area contributed by atoms with E-state index in [1.807, 2.05) is 0 Å². The predicted molar refractivity (Wildman–Crippen MR) is 105 cm³/mol. The van der Waals surface area contributed by atoms with Gasteiger partial charge in [-0.1, -0.05) is 29.2 Å². The van der Waals surface area contributed by atoms with Gasteiger partial charge in [-0.2, -0.15) is 13.2 Å². The van der Waals surface area contributed by atoms with Gasteiger partial charge in [0.2, 0.25) is 11.0 Å². The van der Waals surface area contributed by atoms with Crippen LogP contribution in [0.5, 0.6) is 0 Å². The number of hydrogen-bond donors (Lipinski definition) is 2. The molecule has 3 rings (SSSR count). The van der Waals surface area contributed by atoms with E-state index in [0.29, 0.717) is 0 Å². The summed E-state index contributed by atoms with van der Waals surface area (Å²) in [5, 5.41) is 12.1. The van der Waals surface area contributed by atoms with Crippen molar-refractivity contribution >= 4 is 45.7 Å². The molecule has 0 aliphatic heterocycles. The van der Waals surface area contributed by atoms with Crippen molar-refractivity contribution in [3.05, 3.63) is 65.2 Å². The average molecular weight is 474 g/mol. The fraction of sp³-hybridized carbons (Fsp3) is 0.111. The Morgan fingerprint density at radius 1 is 0.968 bits per heavy atom. The number of aromatic nitrogens is 2. The number of alkyl halides is 3. The summed E-state index contributed by atoms with van der Waals surface area (Å²) in [6.45, 7) is 0. The van der Waals surface area contributed by atoms with Gasteiger partial charge in [-0.25, -0.2) is 8.78 Å². The molecule has 0 radical (unpaired) electrons. The second kappa shape index (κ2) is 9.39. The molecular formula is C18H11F5N4O2S2. The predicted octanol–water partition coefficient (Wildman–Crippen LogP) is 4.82. The molecule has 0 saturated carbocycles. The minimum Gasteiger partial charge on any atom is -0.325 e. The molecule has 3 aromatic rings. The monoisotopic (exact) mass is 474 g/mol. The molecule has 0 aliphatic carbocycles. The first kappa shape index (κ1) is 22.6. The molecule has 0 atom stereocenters. The van der Waals surface area contributed by atoms with Gasteiger partial charge in [0.1, 0.15) is 17.2 Å². The first-order valence-electron chi connectivity index (χ1n) is 8.32. The van der Waals surface area contributed by atoms with Crippen LogP contribution in [0.1, 0.15) is 15.9 Å². The number of amides is 2. The molecule has 6 nitrogen and oxygen atoms in total. The van der Waals surface area contributed by atoms with Crippen molar-refractivity contribution in [2.45, 2.75) is 10.5 Å². The molecule has 1 aromatic heterocycles. The highest BCUT2D eigenvalue weighted by Crippen LogP contribution is 2.30. The van der Waals surface area contributed by atoms with E-state index < -0.39 is 40.8 Å². The van der Waals surface area contributed by atoms with Crippen LogP contribution >= 0.6 is 23.1 Å². The van der Waals surface area contributed by atoms with Gasteiger partial charge in [0.25, 0.3) is 5.91 Å².